The Morgan fingerprint density at radius 1 is 0.467 bits per heavy atom. The lowest BCUT2D eigenvalue weighted by molar-refractivity contribution is -0.302. The second-order valence-corrected chi connectivity index (χ2v) is 19.0. The van der Waals surface area contributed by atoms with Gasteiger partial charge in [0.05, 0.1) is 25.4 Å². The second kappa shape index (κ2) is 53.0. The molecule has 0 radical (unpaired) electrons. The molecule has 9 heteroatoms. The number of allylic oxidation sites excluding steroid dienone is 27. The van der Waals surface area contributed by atoms with Crippen molar-refractivity contribution in [2.45, 2.75) is 224 Å². The smallest absolute Gasteiger partial charge is 0.220 e. The maximum absolute atomic E-state index is 13.0. The molecule has 6 N–H and O–H groups in total. The molecule has 0 spiro atoms. The quantitative estimate of drug-likeness (QED) is 0.0261. The van der Waals surface area contributed by atoms with Crippen molar-refractivity contribution < 1.29 is 39.8 Å². The van der Waals surface area contributed by atoms with E-state index in [0.717, 1.165) is 109 Å². The van der Waals surface area contributed by atoms with Crippen LogP contribution in [0.3, 0.4) is 0 Å². The summed E-state index contributed by atoms with van der Waals surface area (Å²) < 4.78 is 11.2. The van der Waals surface area contributed by atoms with Gasteiger partial charge in [-0.05, 0) is 122 Å². The van der Waals surface area contributed by atoms with E-state index in [4.69, 9.17) is 9.47 Å². The summed E-state index contributed by atoms with van der Waals surface area (Å²) in [5.41, 5.74) is 0. The fraction of sp³-hybridized carbons (Fsp3) is 0.561. The highest BCUT2D eigenvalue weighted by Gasteiger charge is 2.44. The summed E-state index contributed by atoms with van der Waals surface area (Å²) in [5, 5.41) is 54.3. The largest absolute Gasteiger partial charge is 0.394 e. The van der Waals surface area contributed by atoms with Crippen molar-refractivity contribution in [1.82, 2.24) is 5.32 Å². The normalized spacial score (nSPS) is 20.2. The van der Waals surface area contributed by atoms with E-state index in [1.807, 2.05) is 6.08 Å². The van der Waals surface area contributed by atoms with Crippen LogP contribution in [0, 0.1) is 0 Å². The molecule has 7 unspecified atom stereocenters. The van der Waals surface area contributed by atoms with Crippen LogP contribution >= 0.6 is 0 Å². The Bertz CT molecular complexity index is 1770. The molecular formula is C66H103NO8. The van der Waals surface area contributed by atoms with E-state index in [0.29, 0.717) is 6.42 Å². The molecule has 1 fully saturated rings. The van der Waals surface area contributed by atoms with Crippen LogP contribution in [-0.4, -0.2) is 87.5 Å². The Morgan fingerprint density at radius 2 is 0.840 bits per heavy atom. The molecule has 0 saturated carbocycles. The van der Waals surface area contributed by atoms with E-state index in [1.54, 1.807) is 6.08 Å². The number of aliphatic hydroxyl groups is 5. The zero-order chi connectivity index (χ0) is 54.3. The first-order valence-corrected chi connectivity index (χ1v) is 28.9. The fourth-order valence-corrected chi connectivity index (χ4v) is 7.74. The van der Waals surface area contributed by atoms with Crippen molar-refractivity contribution >= 4 is 5.91 Å². The molecule has 1 amide bonds. The SMILES string of the molecule is CC/C=C\C/C=C\C/C=C\C/C=C\C/C=C\C/C=C\C/C=C\C/C=C\C/C=C\C/C=C\C/C=C\C/C=C\CCCCC(=O)NC(COC1OC(CO)C(O)C(O)C1O)C(O)/C=C/CC/C=C/CCCCCCCCC. The van der Waals surface area contributed by atoms with E-state index < -0.39 is 49.5 Å². The molecule has 0 aromatic carbocycles. The van der Waals surface area contributed by atoms with Crippen LogP contribution in [0.15, 0.2) is 170 Å². The molecule has 1 rings (SSSR count). The van der Waals surface area contributed by atoms with Crippen LogP contribution in [-0.2, 0) is 14.3 Å². The summed E-state index contributed by atoms with van der Waals surface area (Å²) in [6.45, 7) is 3.58. The predicted molar refractivity (Wildman–Crippen MR) is 317 cm³/mol. The molecule has 0 aromatic rings. The molecular weight excluding hydrogens is 935 g/mol. The number of aliphatic hydroxyl groups excluding tert-OH is 5. The first-order valence-electron chi connectivity index (χ1n) is 28.9. The number of carbonyl (C=O) groups excluding carboxylic acids is 1. The molecule has 1 saturated heterocycles. The number of hydrogen-bond donors (Lipinski definition) is 6. The van der Waals surface area contributed by atoms with Crippen molar-refractivity contribution in [2.24, 2.45) is 0 Å². The van der Waals surface area contributed by atoms with Crippen LogP contribution < -0.4 is 5.32 Å². The number of amides is 1. The number of ether oxygens (including phenoxy) is 2. The highest BCUT2D eigenvalue weighted by molar-refractivity contribution is 5.76. The lowest BCUT2D eigenvalue weighted by Gasteiger charge is -2.40. The molecule has 9 nitrogen and oxygen atoms in total. The fourth-order valence-electron chi connectivity index (χ4n) is 7.74. The summed E-state index contributed by atoms with van der Waals surface area (Å²) in [5.74, 6) is -0.238. The van der Waals surface area contributed by atoms with E-state index in [2.05, 4.69) is 177 Å². The highest BCUT2D eigenvalue weighted by atomic mass is 16.7. The van der Waals surface area contributed by atoms with Crippen molar-refractivity contribution in [3.05, 3.63) is 170 Å². The van der Waals surface area contributed by atoms with Gasteiger partial charge in [-0.1, -0.05) is 223 Å². The van der Waals surface area contributed by atoms with Gasteiger partial charge in [-0.2, -0.15) is 0 Å². The number of nitrogens with one attached hydrogen (secondary N) is 1. The average Bonchev–Trinajstić information content (AvgIpc) is 3.41. The first-order chi connectivity index (χ1) is 36.8. The molecule has 0 aromatic heterocycles. The molecule has 420 valence electrons. The molecule has 0 bridgehead atoms. The summed E-state index contributed by atoms with van der Waals surface area (Å²) in [4.78, 5) is 13.0. The molecule has 1 aliphatic heterocycles. The van der Waals surface area contributed by atoms with Gasteiger partial charge in [0, 0.05) is 6.42 Å². The molecule has 75 heavy (non-hydrogen) atoms. The Morgan fingerprint density at radius 3 is 1.28 bits per heavy atom. The summed E-state index contributed by atoms with van der Waals surface area (Å²) in [7, 11) is 0. The van der Waals surface area contributed by atoms with Crippen molar-refractivity contribution in [3.8, 4) is 0 Å². The molecule has 0 aliphatic carbocycles. The Kier molecular flexibility index (Phi) is 48.4. The van der Waals surface area contributed by atoms with E-state index in [-0.39, 0.29) is 18.9 Å². The second-order valence-electron chi connectivity index (χ2n) is 19.0. The predicted octanol–water partition coefficient (Wildman–Crippen LogP) is 14.6. The monoisotopic (exact) mass is 1040 g/mol. The Labute approximate surface area is 456 Å². The van der Waals surface area contributed by atoms with Crippen LogP contribution in [0.25, 0.3) is 0 Å². The van der Waals surface area contributed by atoms with E-state index in [9.17, 15) is 30.3 Å². The standard InChI is InChI=1S/C66H103NO8/c1-3-5-7-9-11-13-15-17-18-19-20-21-22-23-24-25-26-27-28-29-30-31-32-33-34-35-36-37-38-39-40-41-42-44-46-48-50-52-54-56-62(70)67-59(58-74-66-65(73)64(72)63(71)61(57-68)75-66)60(69)55-53-51-49-47-45-43-16-14-12-10-8-6-4-2/h5,7,11,13,17-18,20-21,23-24,26-27,29-30,32-33,35-36,38-39,41-42,45-48,53,55,59-61,63-66,68-69,71-73H,3-4,6,8-10,12,14-16,19,22,25,28,31,34,37,40,43-44,49-52,54,56-58H2,1-2H3,(H,67,70)/b7-5-,13-11-,18-17-,21-20-,24-23-,27-26-,30-29-,33-32-,36-35-,39-38-,42-41-,47-45+,48-46-,55-53+. The maximum Gasteiger partial charge on any atom is 0.220 e. The highest BCUT2D eigenvalue weighted by Crippen LogP contribution is 2.22. The van der Waals surface area contributed by atoms with Crippen LogP contribution in [0.5, 0.6) is 0 Å². The maximum atomic E-state index is 13.0. The van der Waals surface area contributed by atoms with Gasteiger partial charge < -0.3 is 40.3 Å². The van der Waals surface area contributed by atoms with Gasteiger partial charge >= 0.3 is 0 Å². The zero-order valence-corrected chi connectivity index (χ0v) is 46.5. The number of rotatable bonds is 46. The lowest BCUT2D eigenvalue weighted by Crippen LogP contribution is -2.60. The van der Waals surface area contributed by atoms with Gasteiger partial charge in [-0.3, -0.25) is 4.79 Å². The minimum Gasteiger partial charge on any atom is -0.394 e. The summed E-state index contributed by atoms with van der Waals surface area (Å²) in [6.07, 6.45) is 78.5. The Hall–Kier alpha value is -4.45. The lowest BCUT2D eigenvalue weighted by atomic mass is 9.99. The van der Waals surface area contributed by atoms with Gasteiger partial charge in [0.15, 0.2) is 6.29 Å². The average molecular weight is 1040 g/mol. The third-order valence-corrected chi connectivity index (χ3v) is 12.3. The minimum absolute atomic E-state index is 0.230. The van der Waals surface area contributed by atoms with Gasteiger partial charge in [-0.25, -0.2) is 0 Å². The summed E-state index contributed by atoms with van der Waals surface area (Å²) in [6, 6.07) is -0.857. The van der Waals surface area contributed by atoms with Crippen LogP contribution in [0.4, 0.5) is 0 Å². The Balaban J connectivity index is 2.24. The van der Waals surface area contributed by atoms with Crippen LogP contribution in [0.2, 0.25) is 0 Å². The molecule has 1 heterocycles. The number of hydrogen-bond acceptors (Lipinski definition) is 8. The van der Waals surface area contributed by atoms with Gasteiger partial charge in [0.1, 0.15) is 24.4 Å². The van der Waals surface area contributed by atoms with Gasteiger partial charge in [0.25, 0.3) is 0 Å². The van der Waals surface area contributed by atoms with Gasteiger partial charge in [-0.15, -0.1) is 0 Å². The van der Waals surface area contributed by atoms with E-state index >= 15 is 0 Å². The van der Waals surface area contributed by atoms with Crippen molar-refractivity contribution in [1.29, 1.82) is 0 Å². The van der Waals surface area contributed by atoms with Crippen LogP contribution in [0.1, 0.15) is 181 Å². The topological polar surface area (TPSA) is 149 Å². The first kappa shape index (κ1) is 68.6. The zero-order valence-electron chi connectivity index (χ0n) is 46.5. The van der Waals surface area contributed by atoms with Gasteiger partial charge in [0.2, 0.25) is 5.91 Å². The molecule has 1 aliphatic rings. The van der Waals surface area contributed by atoms with Crippen molar-refractivity contribution in [3.63, 3.8) is 0 Å². The minimum atomic E-state index is -1.59. The number of carbonyl (C=O) groups is 1. The third-order valence-electron chi connectivity index (χ3n) is 12.3. The number of unbranched alkanes of at least 4 members (excludes halogenated alkanes) is 10. The summed E-state index contributed by atoms with van der Waals surface area (Å²) >= 11 is 0. The molecule has 7 atom stereocenters. The third kappa shape index (κ3) is 42.4. The van der Waals surface area contributed by atoms with Crippen molar-refractivity contribution in [2.75, 3.05) is 13.2 Å². The van der Waals surface area contributed by atoms with E-state index in [1.165, 1.54) is 44.9 Å².